The summed E-state index contributed by atoms with van der Waals surface area (Å²) in [5.41, 5.74) is 10.8. The maximum absolute atomic E-state index is 12.5. The Hall–Kier alpha value is -3.50. The van der Waals surface area contributed by atoms with Gasteiger partial charge in [0.1, 0.15) is 0 Å². The molecule has 7 heteroatoms. The van der Waals surface area contributed by atoms with Gasteiger partial charge < -0.3 is 15.0 Å². The molecule has 0 aliphatic carbocycles. The van der Waals surface area contributed by atoms with Crippen LogP contribution in [0.3, 0.4) is 0 Å². The van der Waals surface area contributed by atoms with Gasteiger partial charge in [-0.1, -0.05) is 6.07 Å². The number of hydrogen-bond acceptors (Lipinski definition) is 6. The average molecular weight is 388 g/mol. The van der Waals surface area contributed by atoms with E-state index in [1.807, 2.05) is 24.3 Å². The van der Waals surface area contributed by atoms with Gasteiger partial charge in [0.25, 0.3) is 5.56 Å². The predicted molar refractivity (Wildman–Crippen MR) is 108 cm³/mol. The van der Waals surface area contributed by atoms with Crippen molar-refractivity contribution in [1.82, 2.24) is 9.55 Å². The van der Waals surface area contributed by atoms with Gasteiger partial charge in [-0.2, -0.15) is 5.26 Å². The minimum atomic E-state index is -0.443. The van der Waals surface area contributed by atoms with Crippen LogP contribution >= 0.6 is 0 Å². The Morgan fingerprint density at radius 1 is 1.34 bits per heavy atom. The van der Waals surface area contributed by atoms with Crippen LogP contribution in [0, 0.1) is 18.3 Å². The maximum Gasteiger partial charge on any atom is 0.319 e. The minimum Gasteiger partial charge on any atom is -0.465 e. The van der Waals surface area contributed by atoms with E-state index >= 15 is 0 Å². The number of benzene rings is 1. The number of aromatic nitrogens is 2. The molecule has 0 unspecified atom stereocenters. The SMILES string of the molecule is Cc1ccc2n(c1=O)Cc1cc3c(CCCOC(=O)CN)c(C#N)ccc3nc1-2. The molecule has 0 saturated carbocycles. The van der Waals surface area contributed by atoms with Gasteiger partial charge in [0.05, 0.1) is 48.2 Å². The van der Waals surface area contributed by atoms with Gasteiger partial charge in [0.2, 0.25) is 0 Å². The first-order chi connectivity index (χ1) is 14.0. The van der Waals surface area contributed by atoms with Crippen LogP contribution in [0.25, 0.3) is 22.3 Å². The molecule has 29 heavy (non-hydrogen) atoms. The summed E-state index contributed by atoms with van der Waals surface area (Å²) in [6.07, 6.45) is 1.15. The van der Waals surface area contributed by atoms with E-state index < -0.39 is 5.97 Å². The topological polar surface area (TPSA) is 111 Å². The molecule has 0 radical (unpaired) electrons. The number of pyridine rings is 2. The maximum atomic E-state index is 12.5. The fourth-order valence-corrected chi connectivity index (χ4v) is 3.78. The number of ether oxygens (including phenoxy) is 1. The molecular formula is C22H20N4O3. The molecule has 2 aromatic heterocycles. The van der Waals surface area contributed by atoms with E-state index in [0.29, 0.717) is 30.5 Å². The summed E-state index contributed by atoms with van der Waals surface area (Å²) >= 11 is 0. The van der Waals surface area contributed by atoms with Crippen LogP contribution in [0.5, 0.6) is 0 Å². The third kappa shape index (κ3) is 3.28. The number of nitrogens with zero attached hydrogens (tertiary/aromatic N) is 3. The lowest BCUT2D eigenvalue weighted by Crippen LogP contribution is -2.20. The first-order valence-corrected chi connectivity index (χ1v) is 9.45. The van der Waals surface area contributed by atoms with Crippen molar-refractivity contribution in [2.24, 2.45) is 5.73 Å². The number of aryl methyl sites for hydroxylation is 2. The van der Waals surface area contributed by atoms with E-state index in [2.05, 4.69) is 6.07 Å². The molecule has 0 spiro atoms. The second-order valence-electron chi connectivity index (χ2n) is 7.09. The quantitative estimate of drug-likeness (QED) is 0.414. The molecule has 1 aliphatic rings. The van der Waals surface area contributed by atoms with Crippen LogP contribution < -0.4 is 11.3 Å². The smallest absolute Gasteiger partial charge is 0.319 e. The first kappa shape index (κ1) is 18.8. The second-order valence-corrected chi connectivity index (χ2v) is 7.09. The molecule has 0 amide bonds. The van der Waals surface area contributed by atoms with Crippen molar-refractivity contribution < 1.29 is 9.53 Å². The number of nitrogens with two attached hydrogens (primary N) is 1. The number of hydrogen-bond donors (Lipinski definition) is 1. The second kappa shape index (κ2) is 7.49. The number of carbonyl (C=O) groups excluding carboxylic acids is 1. The Morgan fingerprint density at radius 3 is 2.93 bits per heavy atom. The van der Waals surface area contributed by atoms with E-state index in [1.54, 1.807) is 17.6 Å². The minimum absolute atomic E-state index is 0.00999. The van der Waals surface area contributed by atoms with Crippen LogP contribution in [-0.2, 0) is 22.5 Å². The highest BCUT2D eigenvalue weighted by atomic mass is 16.5. The summed E-state index contributed by atoms with van der Waals surface area (Å²) in [6, 6.07) is 11.6. The van der Waals surface area contributed by atoms with Crippen LogP contribution in [0.1, 0.15) is 28.7 Å². The molecule has 146 valence electrons. The molecule has 0 fully saturated rings. The third-order valence-corrected chi connectivity index (χ3v) is 5.25. The molecule has 1 aromatic carbocycles. The van der Waals surface area contributed by atoms with E-state index in [4.69, 9.17) is 15.5 Å². The fraction of sp³-hybridized carbons (Fsp3) is 0.273. The van der Waals surface area contributed by atoms with Gasteiger partial charge in [0.15, 0.2) is 0 Å². The highest BCUT2D eigenvalue weighted by Gasteiger charge is 2.23. The van der Waals surface area contributed by atoms with Crippen molar-refractivity contribution in [1.29, 1.82) is 5.26 Å². The molecule has 3 heterocycles. The lowest BCUT2D eigenvalue weighted by Gasteiger charge is -2.11. The summed E-state index contributed by atoms with van der Waals surface area (Å²) in [4.78, 5) is 28.5. The van der Waals surface area contributed by atoms with E-state index in [1.165, 1.54) is 0 Å². The number of nitriles is 1. The number of carbonyl (C=O) groups is 1. The summed E-state index contributed by atoms with van der Waals surface area (Å²) in [5, 5.41) is 10.4. The summed E-state index contributed by atoms with van der Waals surface area (Å²) in [5.74, 6) is -0.443. The van der Waals surface area contributed by atoms with E-state index in [9.17, 15) is 14.9 Å². The fourth-order valence-electron chi connectivity index (χ4n) is 3.78. The molecule has 1 aliphatic heterocycles. The van der Waals surface area contributed by atoms with E-state index in [0.717, 1.165) is 33.4 Å². The number of rotatable bonds is 5. The Bertz CT molecular complexity index is 1240. The standard InChI is InChI=1S/C22H20N4O3/c1-13-4-7-19-21-15(12-26(19)22(13)28)9-17-16(3-2-8-29-20(27)11-24)14(10-23)5-6-18(17)25-21/h4-7,9H,2-3,8,11-12,24H2,1H3. The highest BCUT2D eigenvalue weighted by molar-refractivity contribution is 5.88. The predicted octanol–water partition coefficient (Wildman–Crippen LogP) is 2.04. The Kier molecular flexibility index (Phi) is 4.87. The van der Waals surface area contributed by atoms with Gasteiger partial charge in [-0.05, 0) is 49.6 Å². The molecular weight excluding hydrogens is 368 g/mol. The molecule has 3 aromatic rings. The van der Waals surface area contributed by atoms with Gasteiger partial charge in [0, 0.05) is 16.5 Å². The van der Waals surface area contributed by atoms with Crippen LogP contribution in [0.2, 0.25) is 0 Å². The van der Waals surface area contributed by atoms with Crippen molar-refractivity contribution in [2.45, 2.75) is 26.3 Å². The van der Waals surface area contributed by atoms with Gasteiger partial charge in [-0.3, -0.25) is 9.59 Å². The summed E-state index contributed by atoms with van der Waals surface area (Å²) < 4.78 is 6.78. The monoisotopic (exact) mass is 388 g/mol. The normalized spacial score (nSPS) is 11.8. The van der Waals surface area contributed by atoms with Crippen molar-refractivity contribution in [3.8, 4) is 17.5 Å². The Morgan fingerprint density at radius 2 is 2.17 bits per heavy atom. The first-order valence-electron chi connectivity index (χ1n) is 9.45. The van der Waals surface area contributed by atoms with Crippen molar-refractivity contribution in [2.75, 3.05) is 13.2 Å². The van der Waals surface area contributed by atoms with Gasteiger partial charge in [-0.25, -0.2) is 4.98 Å². The van der Waals surface area contributed by atoms with E-state index in [-0.39, 0.29) is 18.7 Å². The van der Waals surface area contributed by atoms with Crippen molar-refractivity contribution in [3.63, 3.8) is 0 Å². The molecule has 0 saturated heterocycles. The third-order valence-electron chi connectivity index (χ3n) is 5.25. The van der Waals surface area contributed by atoms with Crippen molar-refractivity contribution >= 4 is 16.9 Å². The zero-order chi connectivity index (χ0) is 20.5. The number of esters is 1. The van der Waals surface area contributed by atoms with Crippen LogP contribution in [-0.4, -0.2) is 28.7 Å². The zero-order valence-electron chi connectivity index (χ0n) is 16.1. The largest absolute Gasteiger partial charge is 0.465 e. The molecule has 0 bridgehead atoms. The van der Waals surface area contributed by atoms with Gasteiger partial charge in [-0.15, -0.1) is 0 Å². The Balaban J connectivity index is 1.73. The summed E-state index contributed by atoms with van der Waals surface area (Å²) in [7, 11) is 0. The molecule has 2 N–H and O–H groups in total. The van der Waals surface area contributed by atoms with Crippen LogP contribution in [0.15, 0.2) is 35.1 Å². The zero-order valence-corrected chi connectivity index (χ0v) is 16.1. The lowest BCUT2D eigenvalue weighted by atomic mass is 9.96. The lowest BCUT2D eigenvalue weighted by molar-refractivity contribution is -0.141. The number of fused-ring (bicyclic) bond motifs is 4. The summed E-state index contributed by atoms with van der Waals surface area (Å²) in [6.45, 7) is 2.37. The van der Waals surface area contributed by atoms with Crippen LogP contribution in [0.4, 0.5) is 0 Å². The highest BCUT2D eigenvalue weighted by Crippen LogP contribution is 2.33. The van der Waals surface area contributed by atoms with Gasteiger partial charge >= 0.3 is 5.97 Å². The van der Waals surface area contributed by atoms with Crippen molar-refractivity contribution in [3.05, 3.63) is 62.9 Å². The molecule has 7 nitrogen and oxygen atoms in total. The molecule has 0 atom stereocenters. The molecule has 4 rings (SSSR count). The average Bonchev–Trinajstić information content (AvgIpc) is 3.10. The Labute approximate surface area is 167 Å².